The number of amides is 1. The monoisotopic (exact) mass is 390 g/mol. The van der Waals surface area contributed by atoms with Crippen molar-refractivity contribution in [3.63, 3.8) is 0 Å². The first-order valence-corrected chi connectivity index (χ1v) is 10.0. The molecule has 1 aliphatic heterocycles. The van der Waals surface area contributed by atoms with Gasteiger partial charge in [0.15, 0.2) is 0 Å². The molecule has 5 N–H and O–H groups in total. The number of anilines is 1. The lowest BCUT2D eigenvalue weighted by Gasteiger charge is -2.12. The Morgan fingerprint density at radius 2 is 2.03 bits per heavy atom. The topological polar surface area (TPSA) is 89.2 Å². The van der Waals surface area contributed by atoms with Crippen LogP contribution in [0, 0.1) is 0 Å². The minimum Gasteiger partial charge on any atom is -0.371 e. The first-order valence-electron chi connectivity index (χ1n) is 10.0. The molecule has 6 heteroatoms. The van der Waals surface area contributed by atoms with Crippen molar-refractivity contribution in [2.24, 2.45) is 0 Å². The number of carbonyl (C=O) groups excluding carboxylic acids is 1. The Bertz CT molecular complexity index is 1020. The van der Waals surface area contributed by atoms with Crippen LogP contribution in [-0.2, 0) is 24.2 Å². The number of hydrogen-bond donors (Lipinski definition) is 5. The highest BCUT2D eigenvalue weighted by atomic mass is 16.5. The van der Waals surface area contributed by atoms with Gasteiger partial charge in [0.2, 0.25) is 0 Å². The molecule has 0 unspecified atom stereocenters. The second kappa shape index (κ2) is 8.94. The minimum absolute atomic E-state index is 0.538. The van der Waals surface area contributed by atoms with Crippen LogP contribution in [0.1, 0.15) is 28.7 Å². The quantitative estimate of drug-likeness (QED) is 0.185. The van der Waals surface area contributed by atoms with Gasteiger partial charge in [0.25, 0.3) is 5.91 Å². The van der Waals surface area contributed by atoms with Crippen LogP contribution in [0.3, 0.4) is 0 Å². The molecule has 0 saturated heterocycles. The number of nitrogens with one attached hydrogen (secondary N) is 4. The molecule has 150 valence electrons. The molecule has 0 aliphatic carbocycles. The third-order valence-electron chi connectivity index (χ3n) is 5.35. The number of rotatable bonds is 7. The Kier molecular flexibility index (Phi) is 5.93. The fourth-order valence-electron chi connectivity index (χ4n) is 3.84. The third kappa shape index (κ3) is 4.50. The lowest BCUT2D eigenvalue weighted by molar-refractivity contribution is -0.124. The van der Waals surface area contributed by atoms with Gasteiger partial charge >= 0.3 is 0 Å². The van der Waals surface area contributed by atoms with E-state index in [1.807, 2.05) is 24.3 Å². The van der Waals surface area contributed by atoms with Crippen LogP contribution in [0.15, 0.2) is 48.5 Å². The van der Waals surface area contributed by atoms with E-state index in [1.165, 1.54) is 45.9 Å². The number of benzene rings is 2. The van der Waals surface area contributed by atoms with Gasteiger partial charge in [-0.1, -0.05) is 42.5 Å². The predicted octanol–water partition coefficient (Wildman–Crippen LogP) is 3.38. The maximum Gasteiger partial charge on any atom is 0.267 e. The average Bonchev–Trinajstić information content (AvgIpc) is 3.15. The molecule has 1 amide bonds. The normalized spacial score (nSPS) is 13.4. The molecule has 1 aliphatic rings. The first-order chi connectivity index (χ1) is 14.2. The van der Waals surface area contributed by atoms with Crippen LogP contribution in [0.5, 0.6) is 0 Å². The largest absolute Gasteiger partial charge is 0.371 e. The number of carbonyl (C=O) groups is 1. The molecule has 29 heavy (non-hydrogen) atoms. The van der Waals surface area contributed by atoms with E-state index in [9.17, 15) is 4.79 Å². The van der Waals surface area contributed by atoms with E-state index < -0.39 is 5.91 Å². The molecule has 0 atom stereocenters. The summed E-state index contributed by atoms with van der Waals surface area (Å²) in [4.78, 5) is 14.6. The molecule has 2 aromatic carbocycles. The zero-order chi connectivity index (χ0) is 20.1. The second-order valence-electron chi connectivity index (χ2n) is 7.33. The van der Waals surface area contributed by atoms with E-state index in [-0.39, 0.29) is 0 Å². The van der Waals surface area contributed by atoms with Gasteiger partial charge < -0.3 is 15.6 Å². The fraction of sp³-hybridized carbons (Fsp3) is 0.261. The lowest BCUT2D eigenvalue weighted by Crippen LogP contribution is -2.16. The van der Waals surface area contributed by atoms with Gasteiger partial charge in [-0.2, -0.15) is 0 Å². The van der Waals surface area contributed by atoms with Crippen molar-refractivity contribution in [1.82, 2.24) is 15.8 Å². The van der Waals surface area contributed by atoms with Crippen LogP contribution < -0.4 is 16.1 Å². The van der Waals surface area contributed by atoms with Gasteiger partial charge in [0, 0.05) is 30.1 Å². The van der Waals surface area contributed by atoms with Gasteiger partial charge in [-0.25, -0.2) is 5.48 Å². The van der Waals surface area contributed by atoms with Crippen LogP contribution in [0.25, 0.3) is 17.0 Å². The lowest BCUT2D eigenvalue weighted by atomic mass is 10.0. The SMILES string of the molecule is O=C(/C=C/c1ccc(CNCCc2cccc3c4c([nH]c23)NCCC4)cc1)NO. The summed E-state index contributed by atoms with van der Waals surface area (Å²) >= 11 is 0. The number of aryl methyl sites for hydroxylation is 1. The number of fused-ring (bicyclic) bond motifs is 3. The van der Waals surface area contributed by atoms with Crippen LogP contribution in [0.2, 0.25) is 0 Å². The Hall–Kier alpha value is -3.09. The van der Waals surface area contributed by atoms with E-state index >= 15 is 0 Å². The van der Waals surface area contributed by atoms with Gasteiger partial charge in [-0.3, -0.25) is 10.0 Å². The van der Waals surface area contributed by atoms with Crippen LogP contribution in [-0.4, -0.2) is 29.2 Å². The maximum atomic E-state index is 11.0. The molecular weight excluding hydrogens is 364 g/mol. The maximum absolute atomic E-state index is 11.0. The predicted molar refractivity (Wildman–Crippen MR) is 116 cm³/mol. The van der Waals surface area contributed by atoms with Crippen molar-refractivity contribution in [2.45, 2.75) is 25.8 Å². The summed E-state index contributed by atoms with van der Waals surface area (Å²) in [6.45, 7) is 2.73. The first kappa shape index (κ1) is 19.2. The summed E-state index contributed by atoms with van der Waals surface area (Å²) in [6, 6.07) is 14.6. The van der Waals surface area contributed by atoms with Crippen molar-refractivity contribution in [2.75, 3.05) is 18.4 Å². The summed E-state index contributed by atoms with van der Waals surface area (Å²) in [5.41, 5.74) is 7.70. The van der Waals surface area contributed by atoms with E-state index in [0.29, 0.717) is 0 Å². The highest BCUT2D eigenvalue weighted by Crippen LogP contribution is 2.31. The van der Waals surface area contributed by atoms with E-state index in [0.717, 1.165) is 38.0 Å². The number of H-pyrrole nitrogens is 1. The number of hydroxylamine groups is 1. The van der Waals surface area contributed by atoms with Crippen molar-refractivity contribution in [1.29, 1.82) is 0 Å². The third-order valence-corrected chi connectivity index (χ3v) is 5.35. The van der Waals surface area contributed by atoms with E-state index in [2.05, 4.69) is 33.8 Å². The van der Waals surface area contributed by atoms with Crippen LogP contribution >= 0.6 is 0 Å². The molecule has 4 rings (SSSR count). The average molecular weight is 390 g/mol. The zero-order valence-electron chi connectivity index (χ0n) is 16.3. The van der Waals surface area contributed by atoms with Gasteiger partial charge in [-0.15, -0.1) is 0 Å². The van der Waals surface area contributed by atoms with E-state index in [1.54, 1.807) is 11.6 Å². The van der Waals surface area contributed by atoms with Crippen LogP contribution in [0.4, 0.5) is 5.82 Å². The Morgan fingerprint density at radius 1 is 1.17 bits per heavy atom. The summed E-state index contributed by atoms with van der Waals surface area (Å²) in [5, 5.41) is 16.8. The molecule has 1 aromatic heterocycles. The number of para-hydroxylation sites is 1. The summed E-state index contributed by atoms with van der Waals surface area (Å²) in [5.74, 6) is 0.654. The number of aromatic nitrogens is 1. The summed E-state index contributed by atoms with van der Waals surface area (Å²) in [6.07, 6.45) is 6.25. The Morgan fingerprint density at radius 3 is 2.86 bits per heavy atom. The molecule has 3 aromatic rings. The number of aromatic amines is 1. The fourth-order valence-corrected chi connectivity index (χ4v) is 3.84. The van der Waals surface area contributed by atoms with Crippen molar-refractivity contribution < 1.29 is 10.0 Å². The van der Waals surface area contributed by atoms with Gasteiger partial charge in [0.05, 0.1) is 5.52 Å². The van der Waals surface area contributed by atoms with E-state index in [4.69, 9.17) is 5.21 Å². The molecule has 0 spiro atoms. The molecule has 6 nitrogen and oxygen atoms in total. The van der Waals surface area contributed by atoms with Gasteiger partial charge in [-0.05, 0) is 48.6 Å². The van der Waals surface area contributed by atoms with Crippen molar-refractivity contribution >= 4 is 28.7 Å². The standard InChI is InChI=1S/C23H26N4O2/c28-21(27-29)11-10-16-6-8-17(9-7-16)15-24-14-12-18-3-1-4-19-20-5-2-13-25-23(20)26-22(18)19/h1,3-4,6-11,24-26,29H,2,5,12-15H2,(H,27,28)/b11-10+. The van der Waals surface area contributed by atoms with Gasteiger partial charge in [0.1, 0.15) is 5.82 Å². The minimum atomic E-state index is -0.538. The Labute approximate surface area is 170 Å². The highest BCUT2D eigenvalue weighted by molar-refractivity contribution is 5.91. The molecular formula is C23H26N4O2. The molecule has 0 radical (unpaired) electrons. The second-order valence-corrected chi connectivity index (χ2v) is 7.33. The smallest absolute Gasteiger partial charge is 0.267 e. The Balaban J connectivity index is 1.32. The highest BCUT2D eigenvalue weighted by Gasteiger charge is 2.16. The number of hydrogen-bond acceptors (Lipinski definition) is 4. The molecule has 0 saturated carbocycles. The van der Waals surface area contributed by atoms with Crippen molar-refractivity contribution in [3.05, 3.63) is 70.8 Å². The molecule has 0 bridgehead atoms. The van der Waals surface area contributed by atoms with Crippen molar-refractivity contribution in [3.8, 4) is 0 Å². The molecule has 0 fully saturated rings. The summed E-state index contributed by atoms with van der Waals surface area (Å²) < 4.78 is 0. The summed E-state index contributed by atoms with van der Waals surface area (Å²) in [7, 11) is 0. The zero-order valence-corrected chi connectivity index (χ0v) is 16.3. The molecule has 2 heterocycles.